The first-order chi connectivity index (χ1) is 19.7. The van der Waals surface area contributed by atoms with E-state index in [4.69, 9.17) is 0 Å². The molecule has 0 spiro atoms. The van der Waals surface area contributed by atoms with E-state index in [0.717, 1.165) is 20.9 Å². The molecule has 0 saturated heterocycles. The number of benzene rings is 2. The molecule has 0 saturated carbocycles. The lowest BCUT2D eigenvalue weighted by Crippen LogP contribution is -1.88. The van der Waals surface area contributed by atoms with Gasteiger partial charge in [0.25, 0.3) is 0 Å². The number of thioether (sulfide) groups is 12. The van der Waals surface area contributed by atoms with Gasteiger partial charge < -0.3 is 0 Å². The fourth-order valence-corrected chi connectivity index (χ4v) is 21.4. The molecule has 6 aliphatic heterocycles. The van der Waals surface area contributed by atoms with E-state index in [0.29, 0.717) is 0 Å². The van der Waals surface area contributed by atoms with Gasteiger partial charge in [-0.3, -0.25) is 0 Å². The van der Waals surface area contributed by atoms with Crippen molar-refractivity contribution in [3.05, 3.63) is 81.4 Å². The van der Waals surface area contributed by atoms with Crippen LogP contribution in [0.1, 0.15) is 11.1 Å². The smallest absolute Gasteiger partial charge is 0.100 e. The van der Waals surface area contributed by atoms with Gasteiger partial charge in [0, 0.05) is 42.6 Å². The third-order valence-corrected chi connectivity index (χ3v) is 23.3. The SMILES string of the molecule is N#Cc1cccc2c1SC(=C1SC3=C(SCCS3)S1)S2.N#Cc1cccc2c1SC(=C1SC3=C(SCCS3)S1)S2. The van der Waals surface area contributed by atoms with Crippen LogP contribution in [-0.4, -0.2) is 23.0 Å². The Hall–Kier alpha value is 0.580. The molecule has 40 heavy (non-hydrogen) atoms. The van der Waals surface area contributed by atoms with Crippen LogP contribution < -0.4 is 0 Å². The molecule has 0 N–H and O–H groups in total. The Labute approximate surface area is 284 Å². The minimum Gasteiger partial charge on any atom is -0.192 e. The minimum atomic E-state index is 0.796. The Morgan fingerprint density at radius 3 is 1.12 bits per heavy atom. The standard InChI is InChI=1S/2C13H7NS6/c2*14-6-7-2-1-3-8-9(7)18-12(17-8)13-19-10-11(20-13)16-5-4-15-10/h2*1-3H,4-5H2. The molecule has 2 aromatic carbocycles. The largest absolute Gasteiger partial charge is 0.192 e. The second kappa shape index (κ2) is 13.3. The molecule has 0 unspecified atom stereocenters. The number of hydrogen-bond acceptors (Lipinski definition) is 14. The predicted octanol–water partition coefficient (Wildman–Crippen LogP) is 11.9. The van der Waals surface area contributed by atoms with Crippen LogP contribution >= 0.6 is 141 Å². The number of hydrogen-bond donors (Lipinski definition) is 0. The van der Waals surface area contributed by atoms with Crippen molar-refractivity contribution in [2.24, 2.45) is 0 Å². The Kier molecular flexibility index (Phi) is 9.73. The highest BCUT2D eigenvalue weighted by molar-refractivity contribution is 8.43. The lowest BCUT2D eigenvalue weighted by atomic mass is 10.2. The van der Waals surface area contributed by atoms with E-state index in [-0.39, 0.29) is 0 Å². The highest BCUT2D eigenvalue weighted by atomic mass is 32.3. The first-order valence-corrected chi connectivity index (χ1v) is 22.1. The van der Waals surface area contributed by atoms with Gasteiger partial charge in [-0.15, -0.1) is 47.0 Å². The average Bonchev–Trinajstić information content (AvgIpc) is 3.79. The van der Waals surface area contributed by atoms with Crippen molar-refractivity contribution >= 4 is 141 Å². The molecule has 0 radical (unpaired) electrons. The third-order valence-electron chi connectivity index (χ3n) is 5.50. The van der Waals surface area contributed by atoms with Gasteiger partial charge in [0.1, 0.15) is 12.1 Å². The predicted molar refractivity (Wildman–Crippen MR) is 194 cm³/mol. The van der Waals surface area contributed by atoms with E-state index in [1.54, 1.807) is 23.5 Å². The van der Waals surface area contributed by atoms with E-state index in [1.807, 2.05) is 142 Å². The maximum absolute atomic E-state index is 9.21. The molecule has 6 aliphatic rings. The van der Waals surface area contributed by atoms with Gasteiger partial charge in [-0.05, 0) is 24.3 Å². The molecule has 6 heterocycles. The van der Waals surface area contributed by atoms with E-state index < -0.39 is 0 Å². The molecule has 0 atom stereocenters. The zero-order chi connectivity index (χ0) is 27.1. The van der Waals surface area contributed by atoms with E-state index in [1.165, 1.54) is 66.7 Å². The second-order valence-electron chi connectivity index (χ2n) is 8.00. The van der Waals surface area contributed by atoms with Crippen LogP contribution in [0.4, 0.5) is 0 Å². The summed E-state index contributed by atoms with van der Waals surface area (Å²) in [4.78, 5) is 4.72. The first-order valence-electron chi connectivity index (χ1n) is 11.7. The summed E-state index contributed by atoms with van der Waals surface area (Å²) in [7, 11) is 0. The van der Waals surface area contributed by atoms with Gasteiger partial charge in [0.2, 0.25) is 0 Å². The molecule has 8 rings (SSSR count). The number of rotatable bonds is 0. The summed E-state index contributed by atoms with van der Waals surface area (Å²) >= 11 is 22.8. The lowest BCUT2D eigenvalue weighted by Gasteiger charge is -2.08. The molecule has 0 aliphatic carbocycles. The zero-order valence-corrected chi connectivity index (χ0v) is 29.9. The van der Waals surface area contributed by atoms with E-state index >= 15 is 0 Å². The lowest BCUT2D eigenvalue weighted by molar-refractivity contribution is 1.23. The zero-order valence-electron chi connectivity index (χ0n) is 20.1. The number of fused-ring (bicyclic) bond motifs is 2. The van der Waals surface area contributed by atoms with Gasteiger partial charge in [-0.1, -0.05) is 106 Å². The summed E-state index contributed by atoms with van der Waals surface area (Å²) < 4.78 is 11.4. The Bertz CT molecular complexity index is 1480. The highest BCUT2D eigenvalue weighted by Gasteiger charge is 2.32. The fraction of sp³-hybridized carbons (Fsp3) is 0.154. The topological polar surface area (TPSA) is 47.6 Å². The molecule has 0 fully saturated rings. The fourth-order valence-electron chi connectivity index (χ4n) is 3.78. The minimum absolute atomic E-state index is 0.796. The highest BCUT2D eigenvalue weighted by Crippen LogP contribution is 2.66. The number of nitriles is 2. The quantitative estimate of drug-likeness (QED) is 0.258. The van der Waals surface area contributed by atoms with Crippen LogP contribution in [0.3, 0.4) is 0 Å². The summed E-state index contributed by atoms with van der Waals surface area (Å²) in [5, 5.41) is 18.4. The van der Waals surface area contributed by atoms with Crippen LogP contribution in [0.25, 0.3) is 0 Å². The Morgan fingerprint density at radius 2 is 0.775 bits per heavy atom. The van der Waals surface area contributed by atoms with Crippen molar-refractivity contribution in [1.82, 2.24) is 0 Å². The summed E-state index contributed by atoms with van der Waals surface area (Å²) in [6.45, 7) is 0. The van der Waals surface area contributed by atoms with Crippen molar-refractivity contribution in [2.75, 3.05) is 23.0 Å². The molecule has 2 nitrogen and oxygen atoms in total. The van der Waals surface area contributed by atoms with Crippen molar-refractivity contribution < 1.29 is 0 Å². The van der Waals surface area contributed by atoms with Crippen LogP contribution in [0.15, 0.2) is 89.9 Å². The Balaban J connectivity index is 0.000000132. The molecule has 0 aromatic heterocycles. The number of nitrogens with zero attached hydrogens (tertiary/aromatic N) is 2. The first kappa shape index (κ1) is 29.3. The van der Waals surface area contributed by atoms with Crippen molar-refractivity contribution in [3.8, 4) is 12.1 Å². The molecule has 200 valence electrons. The average molecular weight is 739 g/mol. The maximum Gasteiger partial charge on any atom is 0.100 e. The summed E-state index contributed by atoms with van der Waals surface area (Å²) in [5.41, 5.74) is 1.59. The molecule has 0 amide bonds. The molecule has 2 aromatic rings. The van der Waals surface area contributed by atoms with Gasteiger partial charge in [0.15, 0.2) is 0 Å². The summed E-state index contributed by atoms with van der Waals surface area (Å²) in [5.74, 6) is 4.88. The van der Waals surface area contributed by atoms with Crippen molar-refractivity contribution in [1.29, 1.82) is 10.5 Å². The molecular formula is C26H14N2S12. The molecular weight excluding hydrogens is 725 g/mol. The summed E-state index contributed by atoms with van der Waals surface area (Å²) in [6.07, 6.45) is 0. The van der Waals surface area contributed by atoms with Gasteiger partial charge in [-0.2, -0.15) is 10.5 Å². The van der Waals surface area contributed by atoms with Crippen molar-refractivity contribution in [2.45, 2.75) is 19.6 Å². The summed E-state index contributed by atoms with van der Waals surface area (Å²) in [6, 6.07) is 16.6. The van der Waals surface area contributed by atoms with Gasteiger partial charge >= 0.3 is 0 Å². The second-order valence-corrected chi connectivity index (χ2v) is 22.7. The third kappa shape index (κ3) is 6.09. The van der Waals surface area contributed by atoms with Gasteiger partial charge in [0.05, 0.1) is 45.0 Å². The molecule has 0 bridgehead atoms. The van der Waals surface area contributed by atoms with Gasteiger partial charge in [-0.25, -0.2) is 0 Å². The van der Waals surface area contributed by atoms with Crippen LogP contribution in [0.5, 0.6) is 0 Å². The van der Waals surface area contributed by atoms with Crippen LogP contribution in [0.2, 0.25) is 0 Å². The van der Waals surface area contributed by atoms with E-state index in [9.17, 15) is 10.5 Å². The van der Waals surface area contributed by atoms with Crippen LogP contribution in [-0.2, 0) is 0 Å². The molecule has 14 heteroatoms. The van der Waals surface area contributed by atoms with Crippen LogP contribution in [0, 0.1) is 22.7 Å². The Morgan fingerprint density at radius 1 is 0.425 bits per heavy atom. The normalized spacial score (nSPS) is 20.9. The maximum atomic E-state index is 9.21. The monoisotopic (exact) mass is 738 g/mol. The van der Waals surface area contributed by atoms with Crippen molar-refractivity contribution in [3.63, 3.8) is 0 Å². The van der Waals surface area contributed by atoms with E-state index in [2.05, 4.69) is 24.3 Å².